The van der Waals surface area contributed by atoms with Crippen LogP contribution in [0.1, 0.15) is 11.1 Å². The fourth-order valence-electron chi connectivity index (χ4n) is 3.14. The van der Waals surface area contributed by atoms with E-state index >= 15 is 0 Å². The fourth-order valence-corrected chi connectivity index (χ4v) is 3.36. The smallest absolute Gasteiger partial charge is 0.340 e. The van der Waals surface area contributed by atoms with Crippen molar-refractivity contribution >= 4 is 40.8 Å². The lowest BCUT2D eigenvalue weighted by atomic mass is 10.1. The molecule has 3 aromatic carbocycles. The number of rotatable bonds is 6. The highest BCUT2D eigenvalue weighted by Gasteiger charge is 2.33. The summed E-state index contributed by atoms with van der Waals surface area (Å²) in [7, 11) is 0. The van der Waals surface area contributed by atoms with E-state index in [-0.39, 0.29) is 28.7 Å². The molecule has 0 unspecified atom stereocenters. The molecule has 0 aliphatic rings. The zero-order valence-electron chi connectivity index (χ0n) is 17.3. The van der Waals surface area contributed by atoms with Gasteiger partial charge in [-0.2, -0.15) is 13.2 Å². The Morgan fingerprint density at radius 1 is 0.824 bits per heavy atom. The molecule has 0 bridgehead atoms. The van der Waals surface area contributed by atoms with Crippen molar-refractivity contribution in [2.75, 3.05) is 10.6 Å². The Balaban J connectivity index is 1.83. The van der Waals surface area contributed by atoms with Crippen LogP contribution in [0.3, 0.4) is 0 Å². The number of para-hydroxylation sites is 1. The minimum atomic E-state index is -4.65. The van der Waals surface area contributed by atoms with Gasteiger partial charge in [-0.05, 0) is 54.6 Å². The van der Waals surface area contributed by atoms with E-state index in [4.69, 9.17) is 17.0 Å². The van der Waals surface area contributed by atoms with Gasteiger partial charge < -0.3 is 16.0 Å². The standard InChI is InChI=1S/C24H16ClF4N5/c25-20-11-10-17(12-19(20)24(27,28)29)32-23-18(13-30)22(31-16-4-2-1-3-5-16)33-21(34-23)14-6-8-15(26)9-7-14/h1-13,30H,(H2,31,32,33,34). The zero-order chi connectivity index (χ0) is 24.3. The monoisotopic (exact) mass is 485 g/mol. The van der Waals surface area contributed by atoms with Crippen LogP contribution >= 0.6 is 11.6 Å². The zero-order valence-corrected chi connectivity index (χ0v) is 18.0. The van der Waals surface area contributed by atoms with Gasteiger partial charge in [-0.1, -0.05) is 29.8 Å². The predicted octanol–water partition coefficient (Wildman–Crippen LogP) is 7.44. The molecule has 0 spiro atoms. The van der Waals surface area contributed by atoms with Crippen molar-refractivity contribution in [3.05, 3.63) is 94.8 Å². The SMILES string of the molecule is N=Cc1c(Nc2ccccc2)nc(-c2ccc(F)cc2)nc1Nc1ccc(Cl)c(C(F)(F)F)c1. The summed E-state index contributed by atoms with van der Waals surface area (Å²) in [6.07, 6.45) is -3.66. The van der Waals surface area contributed by atoms with E-state index in [1.807, 2.05) is 6.07 Å². The number of hydrogen-bond donors (Lipinski definition) is 3. The van der Waals surface area contributed by atoms with E-state index in [1.165, 1.54) is 30.3 Å². The summed E-state index contributed by atoms with van der Waals surface area (Å²) in [6.45, 7) is 0. The molecule has 0 atom stereocenters. The predicted molar refractivity (Wildman–Crippen MR) is 125 cm³/mol. The summed E-state index contributed by atoms with van der Waals surface area (Å²) in [6, 6.07) is 17.8. The molecule has 4 aromatic rings. The summed E-state index contributed by atoms with van der Waals surface area (Å²) in [5.74, 6) is 0.0551. The van der Waals surface area contributed by atoms with E-state index in [0.717, 1.165) is 18.3 Å². The molecule has 0 aliphatic heterocycles. The molecule has 0 saturated heterocycles. The van der Waals surface area contributed by atoms with Gasteiger partial charge in [-0.25, -0.2) is 14.4 Å². The largest absolute Gasteiger partial charge is 0.417 e. The quantitative estimate of drug-likeness (QED) is 0.196. The first-order valence-corrected chi connectivity index (χ1v) is 10.3. The minimum absolute atomic E-state index is 0.0641. The molecule has 1 aromatic heterocycles. The maximum absolute atomic E-state index is 13.4. The lowest BCUT2D eigenvalue weighted by Crippen LogP contribution is -2.09. The van der Waals surface area contributed by atoms with Crippen LogP contribution in [-0.2, 0) is 6.18 Å². The second-order valence-electron chi connectivity index (χ2n) is 7.12. The highest BCUT2D eigenvalue weighted by molar-refractivity contribution is 6.31. The normalized spacial score (nSPS) is 11.2. The third kappa shape index (κ3) is 5.15. The first-order valence-electron chi connectivity index (χ1n) is 9.89. The fraction of sp³-hybridized carbons (Fsp3) is 0.0417. The van der Waals surface area contributed by atoms with Crippen molar-refractivity contribution in [3.63, 3.8) is 0 Å². The molecule has 172 valence electrons. The molecule has 0 aliphatic carbocycles. The number of benzene rings is 3. The third-order valence-electron chi connectivity index (χ3n) is 4.76. The number of anilines is 4. The van der Waals surface area contributed by atoms with Gasteiger partial charge >= 0.3 is 6.18 Å². The summed E-state index contributed by atoms with van der Waals surface area (Å²) in [5.41, 5.74) is 0.411. The van der Waals surface area contributed by atoms with Crippen molar-refractivity contribution in [3.8, 4) is 11.4 Å². The summed E-state index contributed by atoms with van der Waals surface area (Å²) in [5, 5.41) is 13.4. The molecule has 5 nitrogen and oxygen atoms in total. The molecule has 1 heterocycles. The number of nitrogens with zero attached hydrogens (tertiary/aromatic N) is 2. The second-order valence-corrected chi connectivity index (χ2v) is 7.52. The maximum atomic E-state index is 13.4. The van der Waals surface area contributed by atoms with Gasteiger partial charge in [0, 0.05) is 23.2 Å². The van der Waals surface area contributed by atoms with E-state index in [0.29, 0.717) is 11.3 Å². The highest BCUT2D eigenvalue weighted by atomic mass is 35.5. The van der Waals surface area contributed by atoms with Crippen molar-refractivity contribution in [2.45, 2.75) is 6.18 Å². The summed E-state index contributed by atoms with van der Waals surface area (Å²) < 4.78 is 53.4. The van der Waals surface area contributed by atoms with E-state index in [2.05, 4.69) is 20.6 Å². The number of nitrogens with one attached hydrogen (secondary N) is 3. The van der Waals surface area contributed by atoms with E-state index in [1.54, 1.807) is 24.3 Å². The Bertz CT molecular complexity index is 1330. The van der Waals surface area contributed by atoms with Gasteiger partial charge in [0.1, 0.15) is 17.5 Å². The Morgan fingerprint density at radius 2 is 1.44 bits per heavy atom. The highest BCUT2D eigenvalue weighted by Crippen LogP contribution is 2.37. The summed E-state index contributed by atoms with van der Waals surface area (Å²) >= 11 is 5.73. The lowest BCUT2D eigenvalue weighted by Gasteiger charge is -2.17. The molecular formula is C24H16ClF4N5. The van der Waals surface area contributed by atoms with Crippen molar-refractivity contribution in [2.24, 2.45) is 0 Å². The first-order chi connectivity index (χ1) is 16.2. The van der Waals surface area contributed by atoms with Crippen LogP contribution in [0, 0.1) is 11.2 Å². The molecular weight excluding hydrogens is 470 g/mol. The van der Waals surface area contributed by atoms with Crippen LogP contribution in [-0.4, -0.2) is 16.2 Å². The van der Waals surface area contributed by atoms with Crippen LogP contribution in [0.2, 0.25) is 5.02 Å². The Morgan fingerprint density at radius 3 is 2.03 bits per heavy atom. The topological polar surface area (TPSA) is 73.7 Å². The molecule has 4 rings (SSSR count). The van der Waals surface area contributed by atoms with Gasteiger partial charge in [-0.15, -0.1) is 0 Å². The van der Waals surface area contributed by atoms with Gasteiger partial charge in [0.2, 0.25) is 0 Å². The van der Waals surface area contributed by atoms with E-state index < -0.39 is 22.6 Å². The Kier molecular flexibility index (Phi) is 6.47. The average Bonchev–Trinajstić information content (AvgIpc) is 2.80. The van der Waals surface area contributed by atoms with Crippen LogP contribution in [0.4, 0.5) is 40.6 Å². The molecule has 3 N–H and O–H groups in total. The molecule has 0 amide bonds. The minimum Gasteiger partial charge on any atom is -0.340 e. The number of hydrogen-bond acceptors (Lipinski definition) is 5. The third-order valence-corrected chi connectivity index (χ3v) is 5.09. The number of alkyl halides is 3. The van der Waals surface area contributed by atoms with Crippen LogP contribution in [0.25, 0.3) is 11.4 Å². The lowest BCUT2D eigenvalue weighted by molar-refractivity contribution is -0.137. The van der Waals surface area contributed by atoms with Gasteiger partial charge in [0.15, 0.2) is 5.82 Å². The molecule has 34 heavy (non-hydrogen) atoms. The van der Waals surface area contributed by atoms with E-state index in [9.17, 15) is 17.6 Å². The molecule has 0 radical (unpaired) electrons. The molecule has 10 heteroatoms. The van der Waals surface area contributed by atoms with Crippen LogP contribution < -0.4 is 10.6 Å². The van der Waals surface area contributed by atoms with Gasteiger partial charge in [0.05, 0.1) is 16.1 Å². The Labute approximate surface area is 197 Å². The van der Waals surface area contributed by atoms with Crippen molar-refractivity contribution in [1.82, 2.24) is 9.97 Å². The number of halogens is 5. The molecule has 0 fully saturated rings. The van der Waals surface area contributed by atoms with Gasteiger partial charge in [-0.3, -0.25) is 0 Å². The Hall–Kier alpha value is -3.98. The average molecular weight is 486 g/mol. The first kappa shape index (κ1) is 23.2. The van der Waals surface area contributed by atoms with Crippen molar-refractivity contribution < 1.29 is 17.6 Å². The van der Waals surface area contributed by atoms with Crippen LogP contribution in [0.15, 0.2) is 72.8 Å². The number of aromatic nitrogens is 2. The van der Waals surface area contributed by atoms with Crippen LogP contribution in [0.5, 0.6) is 0 Å². The molecule has 0 saturated carbocycles. The second kappa shape index (κ2) is 9.48. The van der Waals surface area contributed by atoms with Gasteiger partial charge in [0.25, 0.3) is 0 Å². The summed E-state index contributed by atoms with van der Waals surface area (Å²) in [4.78, 5) is 8.88. The van der Waals surface area contributed by atoms with Crippen molar-refractivity contribution in [1.29, 1.82) is 5.41 Å². The maximum Gasteiger partial charge on any atom is 0.417 e.